The lowest BCUT2D eigenvalue weighted by atomic mass is 10.0. The van der Waals surface area contributed by atoms with Crippen LogP contribution in [-0.4, -0.2) is 6.30 Å². The number of rotatable bonds is 3. The Morgan fingerprint density at radius 3 is 1.20 bits per heavy atom. The van der Waals surface area contributed by atoms with E-state index in [2.05, 4.69) is 6.30 Å². The average molecular weight is 549 g/mol. The summed E-state index contributed by atoms with van der Waals surface area (Å²) in [5, 5.41) is 7.22. The van der Waals surface area contributed by atoms with Gasteiger partial charge in [-0.1, -0.05) is 103 Å². The molecule has 0 radical (unpaired) electrons. The molecule has 0 aliphatic heterocycles. The van der Waals surface area contributed by atoms with Crippen LogP contribution in [0.15, 0.2) is 115 Å². The van der Waals surface area contributed by atoms with Gasteiger partial charge in [0, 0.05) is 6.07 Å². The number of benzene rings is 7. The summed E-state index contributed by atoms with van der Waals surface area (Å²) in [5.41, 5.74) is 0. The van der Waals surface area contributed by atoms with E-state index in [1.807, 2.05) is 109 Å². The SMILES string of the molecule is C=P(c1c(F)c(F)cc(F)c1F)(c1cc2ccccc2c2ccccc12)c1cc2ccccc2c2ccccc12. The van der Waals surface area contributed by atoms with E-state index in [1.165, 1.54) is 0 Å². The van der Waals surface area contributed by atoms with Crippen LogP contribution >= 0.6 is 6.89 Å². The van der Waals surface area contributed by atoms with Crippen molar-refractivity contribution < 1.29 is 17.6 Å². The molecule has 40 heavy (non-hydrogen) atoms. The normalized spacial score (nSPS) is 12.1. The van der Waals surface area contributed by atoms with E-state index >= 15 is 8.78 Å². The molecule has 0 spiro atoms. The second-order valence-electron chi connectivity index (χ2n) is 9.95. The predicted molar refractivity (Wildman–Crippen MR) is 162 cm³/mol. The van der Waals surface area contributed by atoms with Crippen LogP contribution in [0.4, 0.5) is 17.6 Å². The predicted octanol–water partition coefficient (Wildman–Crippen LogP) is 8.58. The van der Waals surface area contributed by atoms with Gasteiger partial charge in [0.2, 0.25) is 0 Å². The Balaban J connectivity index is 1.76. The van der Waals surface area contributed by atoms with Gasteiger partial charge in [-0.15, -0.1) is 0 Å². The van der Waals surface area contributed by atoms with Crippen LogP contribution in [-0.2, 0) is 0 Å². The molecule has 0 unspecified atom stereocenters. The van der Waals surface area contributed by atoms with Crippen LogP contribution in [0.2, 0.25) is 0 Å². The molecule has 5 heteroatoms. The maximum absolute atomic E-state index is 15.9. The third-order valence-corrected chi connectivity index (χ3v) is 11.3. The van der Waals surface area contributed by atoms with Gasteiger partial charge in [-0.2, -0.15) is 0 Å². The van der Waals surface area contributed by atoms with Gasteiger partial charge in [-0.05, 0) is 72.7 Å². The third kappa shape index (κ3) is 3.46. The Bertz CT molecular complexity index is 2050. The van der Waals surface area contributed by atoms with Crippen LogP contribution in [0.1, 0.15) is 0 Å². The molecular formula is C35H21F4P. The van der Waals surface area contributed by atoms with Gasteiger partial charge in [0.25, 0.3) is 0 Å². The summed E-state index contributed by atoms with van der Waals surface area (Å²) in [6, 6.07) is 34.6. The Labute approximate surface area is 228 Å². The summed E-state index contributed by atoms with van der Waals surface area (Å²) in [7, 11) is 0. The molecule has 0 aromatic heterocycles. The Morgan fingerprint density at radius 1 is 0.425 bits per heavy atom. The minimum absolute atomic E-state index is 0.259. The Morgan fingerprint density at radius 2 is 0.775 bits per heavy atom. The number of hydrogen-bond donors (Lipinski definition) is 0. The second kappa shape index (κ2) is 9.08. The fourth-order valence-corrected chi connectivity index (χ4v) is 9.52. The number of halogens is 4. The van der Waals surface area contributed by atoms with Crippen LogP contribution < -0.4 is 15.9 Å². The van der Waals surface area contributed by atoms with Gasteiger partial charge >= 0.3 is 0 Å². The Kier molecular flexibility index (Phi) is 5.59. The molecule has 0 N–H and O–H groups in total. The topological polar surface area (TPSA) is 0 Å². The molecule has 0 amide bonds. The van der Waals surface area contributed by atoms with E-state index in [4.69, 9.17) is 0 Å². The van der Waals surface area contributed by atoms with Crippen molar-refractivity contribution in [2.45, 2.75) is 0 Å². The lowest BCUT2D eigenvalue weighted by Crippen LogP contribution is -2.32. The fourth-order valence-electron chi connectivity index (χ4n) is 5.97. The molecule has 0 heterocycles. The van der Waals surface area contributed by atoms with E-state index in [9.17, 15) is 8.78 Å². The first kappa shape index (κ1) is 24.6. The highest BCUT2D eigenvalue weighted by molar-refractivity contribution is 7.94. The smallest absolute Gasteiger partial charge is 0.170 e. The van der Waals surface area contributed by atoms with Crippen LogP contribution in [0.25, 0.3) is 43.1 Å². The summed E-state index contributed by atoms with van der Waals surface area (Å²) in [5.74, 6) is -5.73. The van der Waals surface area contributed by atoms with Crippen molar-refractivity contribution in [3.8, 4) is 0 Å². The van der Waals surface area contributed by atoms with Gasteiger partial charge in [-0.3, -0.25) is 0 Å². The summed E-state index contributed by atoms with van der Waals surface area (Å²) in [6.07, 6.45) is 4.60. The standard InChI is InChI=1S/C35H21F4P/c1-40(35-33(38)29(36)20-30(37)34(35)39,31-18-21-10-2-4-12-23(21)25-14-6-8-16-27(25)31)32-19-22-11-3-5-13-24(22)26-15-7-9-17-28(26)32/h2-20H,1H2. The van der Waals surface area contributed by atoms with Crippen molar-refractivity contribution >= 4 is 72.2 Å². The molecule has 7 aromatic rings. The summed E-state index contributed by atoms with van der Waals surface area (Å²) in [4.78, 5) is 0. The molecule has 7 rings (SSSR count). The lowest BCUT2D eigenvalue weighted by molar-refractivity contribution is 0.463. The molecule has 0 aliphatic carbocycles. The molecule has 0 aliphatic rings. The number of fused-ring (bicyclic) bond motifs is 6. The monoisotopic (exact) mass is 548 g/mol. The molecule has 0 bridgehead atoms. The van der Waals surface area contributed by atoms with E-state index in [0.29, 0.717) is 10.6 Å². The summed E-state index contributed by atoms with van der Waals surface area (Å²) in [6.45, 7) is -3.64. The molecule has 0 saturated heterocycles. The molecule has 0 saturated carbocycles. The molecular weight excluding hydrogens is 527 g/mol. The van der Waals surface area contributed by atoms with E-state index in [1.54, 1.807) is 0 Å². The Hall–Kier alpha value is -4.40. The van der Waals surface area contributed by atoms with Crippen LogP contribution in [0.5, 0.6) is 0 Å². The van der Waals surface area contributed by atoms with Gasteiger partial charge in [0.05, 0.1) is 5.30 Å². The zero-order chi connectivity index (χ0) is 27.6. The van der Waals surface area contributed by atoms with E-state index in [0.717, 1.165) is 43.1 Å². The third-order valence-electron chi connectivity index (χ3n) is 7.79. The summed E-state index contributed by atoms with van der Waals surface area (Å²) >= 11 is 0. The fraction of sp³-hybridized carbons (Fsp3) is 0. The second-order valence-corrected chi connectivity index (χ2v) is 13.0. The molecule has 194 valence electrons. The highest BCUT2D eigenvalue weighted by Crippen LogP contribution is 2.49. The van der Waals surface area contributed by atoms with Crippen molar-refractivity contribution in [1.29, 1.82) is 0 Å². The van der Waals surface area contributed by atoms with Crippen LogP contribution in [0, 0.1) is 23.3 Å². The molecule has 0 nitrogen and oxygen atoms in total. The summed E-state index contributed by atoms with van der Waals surface area (Å²) < 4.78 is 61.7. The minimum atomic E-state index is -3.64. The van der Waals surface area contributed by atoms with Gasteiger partial charge in [0.15, 0.2) is 23.3 Å². The first-order chi connectivity index (χ1) is 19.4. The van der Waals surface area contributed by atoms with E-state index in [-0.39, 0.29) is 6.07 Å². The average Bonchev–Trinajstić information content (AvgIpc) is 2.99. The quantitative estimate of drug-likeness (QED) is 0.0898. The van der Waals surface area contributed by atoms with Gasteiger partial charge in [-0.25, -0.2) is 17.6 Å². The zero-order valence-corrected chi connectivity index (χ0v) is 22.0. The molecule has 7 aromatic carbocycles. The van der Waals surface area contributed by atoms with Gasteiger partial charge < -0.3 is 0 Å². The van der Waals surface area contributed by atoms with Gasteiger partial charge in [0.1, 0.15) is 0 Å². The maximum Gasteiger partial charge on any atom is 0.170 e. The highest BCUT2D eigenvalue weighted by atomic mass is 31.2. The first-order valence-corrected chi connectivity index (χ1v) is 14.8. The van der Waals surface area contributed by atoms with Crippen molar-refractivity contribution in [2.24, 2.45) is 0 Å². The van der Waals surface area contributed by atoms with E-state index < -0.39 is 35.5 Å². The van der Waals surface area contributed by atoms with Crippen LogP contribution in [0.3, 0.4) is 0 Å². The van der Waals surface area contributed by atoms with Crippen molar-refractivity contribution in [2.75, 3.05) is 0 Å². The van der Waals surface area contributed by atoms with Crippen molar-refractivity contribution in [1.82, 2.24) is 0 Å². The zero-order valence-electron chi connectivity index (χ0n) is 21.1. The van der Waals surface area contributed by atoms with Crippen molar-refractivity contribution in [3.63, 3.8) is 0 Å². The minimum Gasteiger partial charge on any atom is -0.204 e. The molecule has 0 fully saturated rings. The maximum atomic E-state index is 15.9. The van der Waals surface area contributed by atoms with Crippen molar-refractivity contribution in [3.05, 3.63) is 139 Å². The lowest BCUT2D eigenvalue weighted by Gasteiger charge is -2.31. The number of hydrogen-bond acceptors (Lipinski definition) is 0. The largest absolute Gasteiger partial charge is 0.204 e. The first-order valence-electron chi connectivity index (χ1n) is 12.8. The highest BCUT2D eigenvalue weighted by Gasteiger charge is 2.35. The molecule has 0 atom stereocenters.